The first kappa shape index (κ1) is 14.0. The van der Waals surface area contributed by atoms with E-state index in [2.05, 4.69) is 10.5 Å². The molecule has 0 saturated carbocycles. The van der Waals surface area contributed by atoms with Crippen LogP contribution in [-0.4, -0.2) is 19.2 Å². The lowest BCUT2D eigenvalue weighted by atomic mass is 10.2. The van der Waals surface area contributed by atoms with Crippen LogP contribution in [0, 0.1) is 0 Å². The summed E-state index contributed by atoms with van der Waals surface area (Å²) in [5, 5.41) is 5.82. The van der Waals surface area contributed by atoms with Gasteiger partial charge < -0.3 is 4.74 Å². The molecule has 0 radical (unpaired) electrons. The molecule has 2 rings (SSSR count). The van der Waals surface area contributed by atoms with Crippen molar-refractivity contribution in [3.05, 3.63) is 58.3 Å². The van der Waals surface area contributed by atoms with E-state index < -0.39 is 0 Å². The molecule has 4 nitrogen and oxygen atoms in total. The Morgan fingerprint density at radius 2 is 2.10 bits per heavy atom. The number of rotatable bonds is 5. The molecule has 0 aliphatic heterocycles. The molecule has 0 saturated heterocycles. The van der Waals surface area contributed by atoms with Crippen LogP contribution in [0.4, 0.5) is 0 Å². The van der Waals surface area contributed by atoms with Gasteiger partial charge in [-0.25, -0.2) is 5.43 Å². The monoisotopic (exact) mass is 286 g/mol. The molecule has 0 aliphatic rings. The van der Waals surface area contributed by atoms with Gasteiger partial charge in [-0.3, -0.25) is 4.79 Å². The van der Waals surface area contributed by atoms with Crippen LogP contribution in [0.15, 0.2) is 53.0 Å². The Bertz CT molecular complexity index is 601. The highest BCUT2D eigenvalue weighted by atomic mass is 32.1. The molecule has 0 atom stereocenters. The maximum atomic E-state index is 11.5. The van der Waals surface area contributed by atoms with Gasteiger partial charge in [0.1, 0.15) is 5.75 Å². The van der Waals surface area contributed by atoms with Gasteiger partial charge in [-0.15, -0.1) is 11.3 Å². The summed E-state index contributed by atoms with van der Waals surface area (Å²) in [5.41, 5.74) is 3.36. The molecular weight excluding hydrogens is 272 g/mol. The van der Waals surface area contributed by atoms with Crippen LogP contribution in [-0.2, 0) is 4.79 Å². The Morgan fingerprint density at radius 3 is 2.75 bits per heavy atom. The van der Waals surface area contributed by atoms with Crippen molar-refractivity contribution in [1.29, 1.82) is 0 Å². The Morgan fingerprint density at radius 1 is 1.30 bits per heavy atom. The maximum Gasteiger partial charge on any atom is 0.264 e. The van der Waals surface area contributed by atoms with Crippen molar-refractivity contribution in [2.45, 2.75) is 0 Å². The smallest absolute Gasteiger partial charge is 0.264 e. The van der Waals surface area contributed by atoms with Crippen LogP contribution in [0.5, 0.6) is 5.75 Å². The van der Waals surface area contributed by atoms with E-state index in [0.29, 0.717) is 0 Å². The van der Waals surface area contributed by atoms with E-state index in [1.54, 1.807) is 30.7 Å². The van der Waals surface area contributed by atoms with Gasteiger partial charge in [-0.05, 0) is 35.2 Å². The molecule has 1 aromatic heterocycles. The highest BCUT2D eigenvalue weighted by Crippen LogP contribution is 2.12. The third-order valence-corrected chi connectivity index (χ3v) is 3.26. The van der Waals surface area contributed by atoms with Gasteiger partial charge in [-0.2, -0.15) is 5.10 Å². The summed E-state index contributed by atoms with van der Waals surface area (Å²) in [7, 11) is 1.61. The fourth-order valence-electron chi connectivity index (χ4n) is 1.45. The number of carbonyl (C=O) groups excluding carboxylic acids is 1. The number of methoxy groups -OCH3 is 1. The van der Waals surface area contributed by atoms with Crippen LogP contribution in [0.2, 0.25) is 0 Å². The number of ether oxygens (including phenoxy) is 1. The first-order valence-electron chi connectivity index (χ1n) is 5.96. The third-order valence-electron chi connectivity index (χ3n) is 2.45. The van der Waals surface area contributed by atoms with Gasteiger partial charge in [0.2, 0.25) is 0 Å². The van der Waals surface area contributed by atoms with E-state index in [1.165, 1.54) is 6.08 Å². The normalized spacial score (nSPS) is 11.1. The highest BCUT2D eigenvalue weighted by Gasteiger charge is 1.94. The average molecular weight is 286 g/mol. The molecule has 102 valence electrons. The molecule has 5 heteroatoms. The zero-order valence-corrected chi connectivity index (χ0v) is 11.8. The van der Waals surface area contributed by atoms with E-state index in [1.807, 2.05) is 41.8 Å². The minimum absolute atomic E-state index is 0.270. The van der Waals surface area contributed by atoms with Crippen molar-refractivity contribution >= 4 is 29.5 Å². The van der Waals surface area contributed by atoms with Gasteiger partial charge in [0.15, 0.2) is 0 Å². The number of hydrazone groups is 1. The van der Waals surface area contributed by atoms with Crippen LogP contribution < -0.4 is 10.2 Å². The summed E-state index contributed by atoms with van der Waals surface area (Å²) in [4.78, 5) is 12.5. The second-order valence-electron chi connectivity index (χ2n) is 3.86. The zero-order chi connectivity index (χ0) is 14.2. The molecule has 0 aliphatic carbocycles. The van der Waals surface area contributed by atoms with E-state index in [9.17, 15) is 4.79 Å². The van der Waals surface area contributed by atoms with E-state index in [-0.39, 0.29) is 5.91 Å². The van der Waals surface area contributed by atoms with E-state index in [4.69, 9.17) is 4.74 Å². The van der Waals surface area contributed by atoms with Crippen molar-refractivity contribution in [2.24, 2.45) is 5.10 Å². The quantitative estimate of drug-likeness (QED) is 0.522. The number of amides is 1. The molecular formula is C15H14N2O2S. The molecule has 20 heavy (non-hydrogen) atoms. The lowest BCUT2D eigenvalue weighted by molar-refractivity contribution is -0.116. The van der Waals surface area contributed by atoms with Gasteiger partial charge in [0.05, 0.1) is 13.3 Å². The fourth-order valence-corrected chi connectivity index (χ4v) is 2.03. The highest BCUT2D eigenvalue weighted by molar-refractivity contribution is 7.11. The molecule has 0 fully saturated rings. The predicted molar refractivity (Wildman–Crippen MR) is 82.1 cm³/mol. The maximum absolute atomic E-state index is 11.5. The number of nitrogens with zero attached hydrogens (tertiary/aromatic N) is 1. The number of nitrogens with one attached hydrogen (secondary N) is 1. The second-order valence-corrected chi connectivity index (χ2v) is 4.84. The number of thiophene rings is 1. The van der Waals surface area contributed by atoms with Crippen molar-refractivity contribution in [2.75, 3.05) is 7.11 Å². The molecule has 1 heterocycles. The molecule has 0 bridgehead atoms. The van der Waals surface area contributed by atoms with Gasteiger partial charge in [0.25, 0.3) is 5.91 Å². The Labute approximate surface area is 121 Å². The standard InChI is InChI=1S/C15H14N2O2S/c1-19-13-7-4-12(5-8-13)6-9-15(18)17-16-11-14-3-2-10-20-14/h2-11H,1H3,(H,17,18)/b9-6+,16-11+. The molecule has 1 N–H and O–H groups in total. The summed E-state index contributed by atoms with van der Waals surface area (Å²) >= 11 is 1.56. The minimum atomic E-state index is -0.270. The molecule has 1 aromatic carbocycles. The lowest BCUT2D eigenvalue weighted by Crippen LogP contribution is -2.13. The van der Waals surface area contributed by atoms with Crippen LogP contribution >= 0.6 is 11.3 Å². The van der Waals surface area contributed by atoms with E-state index >= 15 is 0 Å². The summed E-state index contributed by atoms with van der Waals surface area (Å²) in [6.45, 7) is 0. The van der Waals surface area contributed by atoms with Gasteiger partial charge in [-0.1, -0.05) is 18.2 Å². The topological polar surface area (TPSA) is 50.7 Å². The molecule has 1 amide bonds. The Balaban J connectivity index is 1.85. The van der Waals surface area contributed by atoms with Crippen molar-refractivity contribution in [3.63, 3.8) is 0 Å². The Kier molecular flexibility index (Phi) is 5.08. The molecule has 0 spiro atoms. The number of hydrogen-bond donors (Lipinski definition) is 1. The largest absolute Gasteiger partial charge is 0.497 e. The molecule has 2 aromatic rings. The van der Waals surface area contributed by atoms with Crippen LogP contribution in [0.1, 0.15) is 10.4 Å². The van der Waals surface area contributed by atoms with Crippen LogP contribution in [0.3, 0.4) is 0 Å². The summed E-state index contributed by atoms with van der Waals surface area (Å²) in [6.07, 6.45) is 4.77. The number of benzene rings is 1. The fraction of sp³-hybridized carbons (Fsp3) is 0.0667. The third kappa shape index (κ3) is 4.37. The van der Waals surface area contributed by atoms with Crippen molar-refractivity contribution in [3.8, 4) is 5.75 Å². The second kappa shape index (κ2) is 7.25. The average Bonchev–Trinajstić information content (AvgIpc) is 2.99. The summed E-state index contributed by atoms with van der Waals surface area (Å²) in [6, 6.07) is 11.3. The number of carbonyl (C=O) groups is 1. The zero-order valence-electron chi connectivity index (χ0n) is 10.9. The first-order valence-corrected chi connectivity index (χ1v) is 6.84. The predicted octanol–water partition coefficient (Wildman–Crippen LogP) is 2.92. The van der Waals surface area contributed by atoms with E-state index in [0.717, 1.165) is 16.2 Å². The summed E-state index contributed by atoms with van der Waals surface area (Å²) in [5.74, 6) is 0.515. The summed E-state index contributed by atoms with van der Waals surface area (Å²) < 4.78 is 5.06. The molecule has 0 unspecified atom stereocenters. The van der Waals surface area contributed by atoms with Crippen molar-refractivity contribution < 1.29 is 9.53 Å². The minimum Gasteiger partial charge on any atom is -0.497 e. The van der Waals surface area contributed by atoms with Gasteiger partial charge >= 0.3 is 0 Å². The van der Waals surface area contributed by atoms with Gasteiger partial charge in [0, 0.05) is 11.0 Å². The Hall–Kier alpha value is -2.40. The van der Waals surface area contributed by atoms with Crippen molar-refractivity contribution in [1.82, 2.24) is 5.43 Å². The SMILES string of the molecule is COc1ccc(/C=C/C(=O)N/N=C/c2cccs2)cc1. The number of hydrogen-bond acceptors (Lipinski definition) is 4. The van der Waals surface area contributed by atoms with Crippen LogP contribution in [0.25, 0.3) is 6.08 Å². The lowest BCUT2D eigenvalue weighted by Gasteiger charge is -1.98. The first-order chi connectivity index (χ1) is 9.78.